The van der Waals surface area contributed by atoms with Crippen LogP contribution in [0.1, 0.15) is 36.2 Å². The molecule has 0 spiro atoms. The fourth-order valence-corrected chi connectivity index (χ4v) is 2.56. The van der Waals surface area contributed by atoms with E-state index in [-0.39, 0.29) is 5.91 Å². The number of carbonyl (C=O) groups excluding carboxylic acids is 1. The molecule has 1 N–H and O–H groups in total. The Bertz CT molecular complexity index is 714. The van der Waals surface area contributed by atoms with E-state index >= 15 is 0 Å². The van der Waals surface area contributed by atoms with Crippen LogP contribution in [0.2, 0.25) is 0 Å². The normalized spacial score (nSPS) is 11.1. The summed E-state index contributed by atoms with van der Waals surface area (Å²) in [7, 11) is 3.27. The summed E-state index contributed by atoms with van der Waals surface area (Å²) < 4.78 is 15.9. The third-order valence-electron chi connectivity index (χ3n) is 3.95. The van der Waals surface area contributed by atoms with Gasteiger partial charge in [-0.05, 0) is 26.0 Å². The zero-order valence-corrected chi connectivity index (χ0v) is 15.7. The molecule has 140 valence electrons. The van der Waals surface area contributed by atoms with Crippen LogP contribution in [0.3, 0.4) is 0 Å². The molecule has 6 heteroatoms. The van der Waals surface area contributed by atoms with E-state index in [0.717, 1.165) is 17.7 Å². The van der Waals surface area contributed by atoms with Crippen molar-refractivity contribution in [1.82, 2.24) is 10.3 Å². The number of rotatable bonds is 9. The quantitative estimate of drug-likeness (QED) is 0.697. The monoisotopic (exact) mass is 358 g/mol. The molecule has 1 heterocycles. The van der Waals surface area contributed by atoms with Gasteiger partial charge >= 0.3 is 0 Å². The largest absolute Gasteiger partial charge is 0.496 e. The number of pyridine rings is 1. The molecule has 0 aliphatic rings. The van der Waals surface area contributed by atoms with Gasteiger partial charge < -0.3 is 19.5 Å². The summed E-state index contributed by atoms with van der Waals surface area (Å²) >= 11 is 0. The third kappa shape index (κ3) is 5.20. The molecular formula is C20H26N2O4. The highest BCUT2D eigenvalue weighted by molar-refractivity contribution is 5.94. The van der Waals surface area contributed by atoms with Crippen molar-refractivity contribution in [2.75, 3.05) is 27.4 Å². The molecule has 0 fully saturated rings. The SMILES string of the molecule is COCCCOc1ccc(C(=O)NC(C)(C)c2ccccc2OC)cn1. The highest BCUT2D eigenvalue weighted by Gasteiger charge is 2.26. The Hall–Kier alpha value is -2.60. The van der Waals surface area contributed by atoms with Crippen LogP contribution < -0.4 is 14.8 Å². The number of amides is 1. The van der Waals surface area contributed by atoms with E-state index in [2.05, 4.69) is 10.3 Å². The lowest BCUT2D eigenvalue weighted by molar-refractivity contribution is 0.0910. The Labute approximate surface area is 154 Å². The summed E-state index contributed by atoms with van der Waals surface area (Å²) in [5.41, 5.74) is 0.776. The number of nitrogens with one attached hydrogen (secondary N) is 1. The average molecular weight is 358 g/mol. The summed E-state index contributed by atoms with van der Waals surface area (Å²) in [6, 6.07) is 11.0. The second kappa shape index (κ2) is 9.20. The second-order valence-electron chi connectivity index (χ2n) is 6.36. The molecule has 0 atom stereocenters. The van der Waals surface area contributed by atoms with Gasteiger partial charge in [0, 0.05) is 38.0 Å². The molecule has 0 saturated heterocycles. The number of aromatic nitrogens is 1. The van der Waals surface area contributed by atoms with Gasteiger partial charge in [-0.25, -0.2) is 4.98 Å². The van der Waals surface area contributed by atoms with E-state index in [1.165, 1.54) is 6.20 Å². The summed E-state index contributed by atoms with van der Waals surface area (Å²) in [5, 5.41) is 3.03. The van der Waals surface area contributed by atoms with Crippen molar-refractivity contribution in [2.24, 2.45) is 0 Å². The summed E-state index contributed by atoms with van der Waals surface area (Å²) in [6.45, 7) is 5.03. The van der Waals surface area contributed by atoms with E-state index in [1.54, 1.807) is 26.4 Å². The summed E-state index contributed by atoms with van der Waals surface area (Å²) in [4.78, 5) is 16.8. The Morgan fingerprint density at radius 3 is 2.54 bits per heavy atom. The van der Waals surface area contributed by atoms with Gasteiger partial charge in [-0.3, -0.25) is 4.79 Å². The van der Waals surface area contributed by atoms with Crippen LogP contribution in [0.25, 0.3) is 0 Å². The van der Waals surface area contributed by atoms with Crippen LogP contribution in [-0.4, -0.2) is 38.3 Å². The maximum absolute atomic E-state index is 12.6. The van der Waals surface area contributed by atoms with Crippen molar-refractivity contribution in [3.8, 4) is 11.6 Å². The molecule has 0 unspecified atom stereocenters. The van der Waals surface area contributed by atoms with Crippen LogP contribution in [-0.2, 0) is 10.3 Å². The first-order valence-corrected chi connectivity index (χ1v) is 8.51. The maximum Gasteiger partial charge on any atom is 0.253 e. The molecule has 6 nitrogen and oxygen atoms in total. The lowest BCUT2D eigenvalue weighted by Gasteiger charge is -2.28. The minimum absolute atomic E-state index is 0.209. The van der Waals surface area contributed by atoms with Gasteiger partial charge in [0.05, 0.1) is 24.8 Å². The minimum atomic E-state index is -0.598. The molecule has 1 amide bonds. The van der Waals surface area contributed by atoms with Crippen molar-refractivity contribution < 1.29 is 19.0 Å². The first kappa shape index (κ1) is 19.7. The molecule has 0 bridgehead atoms. The van der Waals surface area contributed by atoms with Gasteiger partial charge in [0.2, 0.25) is 5.88 Å². The third-order valence-corrected chi connectivity index (χ3v) is 3.95. The minimum Gasteiger partial charge on any atom is -0.496 e. The maximum atomic E-state index is 12.6. The van der Waals surface area contributed by atoms with Crippen LogP contribution in [0.15, 0.2) is 42.6 Å². The van der Waals surface area contributed by atoms with Crippen molar-refractivity contribution in [3.63, 3.8) is 0 Å². The topological polar surface area (TPSA) is 69.7 Å². The number of carbonyl (C=O) groups is 1. The molecule has 2 aromatic rings. The first-order chi connectivity index (χ1) is 12.5. The number of hydrogen-bond acceptors (Lipinski definition) is 5. The molecule has 1 aromatic carbocycles. The van der Waals surface area contributed by atoms with Gasteiger partial charge in [-0.15, -0.1) is 0 Å². The van der Waals surface area contributed by atoms with Gasteiger partial charge in [0.1, 0.15) is 5.75 Å². The highest BCUT2D eigenvalue weighted by Crippen LogP contribution is 2.29. The Morgan fingerprint density at radius 2 is 1.88 bits per heavy atom. The predicted octanol–water partition coefficient (Wildman–Crippen LogP) is 3.17. The summed E-state index contributed by atoms with van der Waals surface area (Å²) in [6.07, 6.45) is 2.30. The van der Waals surface area contributed by atoms with E-state index < -0.39 is 5.54 Å². The first-order valence-electron chi connectivity index (χ1n) is 8.51. The standard InChI is InChI=1S/C20H26N2O4/c1-20(2,16-8-5-6-9-17(16)25-4)22-19(23)15-10-11-18(21-14-15)26-13-7-12-24-3/h5-6,8-11,14H,7,12-13H2,1-4H3,(H,22,23). The van der Waals surface area contributed by atoms with Crippen molar-refractivity contribution in [1.29, 1.82) is 0 Å². The molecule has 1 aromatic heterocycles. The number of hydrogen-bond donors (Lipinski definition) is 1. The average Bonchev–Trinajstić information content (AvgIpc) is 2.65. The van der Waals surface area contributed by atoms with Crippen molar-refractivity contribution in [2.45, 2.75) is 25.8 Å². The molecule has 0 aliphatic carbocycles. The van der Waals surface area contributed by atoms with E-state index in [4.69, 9.17) is 14.2 Å². The molecule has 0 aliphatic heterocycles. The van der Waals surface area contributed by atoms with Crippen molar-refractivity contribution >= 4 is 5.91 Å². The van der Waals surface area contributed by atoms with Gasteiger partial charge in [0.15, 0.2) is 0 Å². The lowest BCUT2D eigenvalue weighted by Crippen LogP contribution is -2.41. The van der Waals surface area contributed by atoms with Crippen molar-refractivity contribution in [3.05, 3.63) is 53.7 Å². The smallest absolute Gasteiger partial charge is 0.253 e. The van der Waals surface area contributed by atoms with Gasteiger partial charge in [-0.1, -0.05) is 18.2 Å². The van der Waals surface area contributed by atoms with E-state index in [1.807, 2.05) is 38.1 Å². The predicted molar refractivity (Wildman–Crippen MR) is 99.7 cm³/mol. The van der Waals surface area contributed by atoms with Gasteiger partial charge in [0.25, 0.3) is 5.91 Å². The zero-order chi connectivity index (χ0) is 19.0. The molecule has 26 heavy (non-hydrogen) atoms. The second-order valence-corrected chi connectivity index (χ2v) is 6.36. The Kier molecular flexibility index (Phi) is 6.97. The van der Waals surface area contributed by atoms with Crippen LogP contribution in [0, 0.1) is 0 Å². The Balaban J connectivity index is 2.02. The fourth-order valence-electron chi connectivity index (χ4n) is 2.56. The molecular weight excluding hydrogens is 332 g/mol. The lowest BCUT2D eigenvalue weighted by atomic mass is 9.93. The van der Waals surface area contributed by atoms with Crippen LogP contribution in [0.4, 0.5) is 0 Å². The van der Waals surface area contributed by atoms with Crippen LogP contribution >= 0.6 is 0 Å². The number of nitrogens with zero attached hydrogens (tertiary/aromatic N) is 1. The number of ether oxygens (including phenoxy) is 3. The fraction of sp³-hybridized carbons (Fsp3) is 0.400. The number of para-hydroxylation sites is 1. The van der Waals surface area contributed by atoms with E-state index in [9.17, 15) is 4.79 Å². The Morgan fingerprint density at radius 1 is 1.12 bits per heavy atom. The molecule has 0 saturated carbocycles. The van der Waals surface area contributed by atoms with Crippen LogP contribution in [0.5, 0.6) is 11.6 Å². The highest BCUT2D eigenvalue weighted by atomic mass is 16.5. The van der Waals surface area contributed by atoms with Gasteiger partial charge in [-0.2, -0.15) is 0 Å². The zero-order valence-electron chi connectivity index (χ0n) is 15.7. The molecule has 2 rings (SSSR count). The number of benzene rings is 1. The summed E-state index contributed by atoms with van der Waals surface area (Å²) in [5.74, 6) is 1.01. The number of methoxy groups -OCH3 is 2. The molecule has 0 radical (unpaired) electrons. The van der Waals surface area contributed by atoms with E-state index in [0.29, 0.717) is 24.7 Å².